The molecule has 9 nitrogen and oxygen atoms in total. The van der Waals surface area contributed by atoms with E-state index in [1.54, 1.807) is 27.8 Å². The highest BCUT2D eigenvalue weighted by molar-refractivity contribution is 6.07. The third-order valence-electron chi connectivity index (χ3n) is 6.25. The zero-order valence-corrected chi connectivity index (χ0v) is 19.0. The molecule has 0 saturated carbocycles. The summed E-state index contributed by atoms with van der Waals surface area (Å²) >= 11 is 0. The zero-order valence-electron chi connectivity index (χ0n) is 19.0. The number of fused-ring (bicyclic) bond motifs is 1. The Kier molecular flexibility index (Phi) is 5.45. The fraction of sp³-hybridized carbons (Fsp3) is 0.240. The van der Waals surface area contributed by atoms with E-state index in [0.717, 1.165) is 22.3 Å². The molecule has 0 N–H and O–H groups in total. The Balaban J connectivity index is 1.46. The molecule has 172 valence electrons. The van der Waals surface area contributed by atoms with E-state index < -0.39 is 0 Å². The summed E-state index contributed by atoms with van der Waals surface area (Å²) in [6, 6.07) is 18.3. The van der Waals surface area contributed by atoms with E-state index >= 15 is 0 Å². The normalized spacial score (nSPS) is 13.9. The summed E-state index contributed by atoms with van der Waals surface area (Å²) < 4.78 is 1.71. The van der Waals surface area contributed by atoms with Crippen molar-refractivity contribution < 1.29 is 9.72 Å². The minimum atomic E-state index is -0.364. The third kappa shape index (κ3) is 3.75. The number of hydrogen-bond acceptors (Lipinski definition) is 6. The smallest absolute Gasteiger partial charge is 0.292 e. The van der Waals surface area contributed by atoms with Crippen LogP contribution in [0.4, 0.5) is 11.4 Å². The quantitative estimate of drug-likeness (QED) is 0.342. The SMILES string of the molecule is Cc1nn(C)c2nc(-c3ccccc3)cc(C(=O)N3CCN(c4ccccc4[N+](=O)[O-])CC3)c12. The van der Waals surface area contributed by atoms with Crippen molar-refractivity contribution in [3.05, 3.63) is 82.0 Å². The predicted octanol–water partition coefficient (Wildman–Crippen LogP) is 3.81. The molecule has 0 radical (unpaired) electrons. The number of amides is 1. The van der Waals surface area contributed by atoms with Gasteiger partial charge < -0.3 is 9.80 Å². The molecule has 0 unspecified atom stereocenters. The van der Waals surface area contributed by atoms with Crippen LogP contribution in [-0.4, -0.2) is 56.7 Å². The molecule has 0 spiro atoms. The van der Waals surface area contributed by atoms with Gasteiger partial charge in [0.05, 0.1) is 27.3 Å². The van der Waals surface area contributed by atoms with Crippen LogP contribution in [-0.2, 0) is 7.05 Å². The minimum Gasteiger partial charge on any atom is -0.362 e. The van der Waals surface area contributed by atoms with Gasteiger partial charge in [0.15, 0.2) is 5.65 Å². The maximum atomic E-state index is 13.7. The summed E-state index contributed by atoms with van der Waals surface area (Å²) in [5.41, 5.74) is 4.31. The van der Waals surface area contributed by atoms with Crippen LogP contribution in [0.3, 0.4) is 0 Å². The second-order valence-electron chi connectivity index (χ2n) is 8.35. The lowest BCUT2D eigenvalue weighted by Crippen LogP contribution is -2.49. The van der Waals surface area contributed by atoms with Gasteiger partial charge in [0.2, 0.25) is 0 Å². The molecule has 1 aliphatic heterocycles. The number of hydrogen-bond donors (Lipinski definition) is 0. The van der Waals surface area contributed by atoms with Crippen molar-refractivity contribution in [2.75, 3.05) is 31.1 Å². The first-order chi connectivity index (χ1) is 16.4. The van der Waals surface area contributed by atoms with Crippen LogP contribution in [0.2, 0.25) is 0 Å². The molecule has 5 rings (SSSR count). The van der Waals surface area contributed by atoms with E-state index in [2.05, 4.69) is 5.10 Å². The molecule has 4 aromatic rings. The van der Waals surface area contributed by atoms with Gasteiger partial charge in [0, 0.05) is 44.9 Å². The Morgan fingerprint density at radius 3 is 2.38 bits per heavy atom. The van der Waals surface area contributed by atoms with Crippen molar-refractivity contribution >= 4 is 28.3 Å². The predicted molar refractivity (Wildman–Crippen MR) is 130 cm³/mol. The Morgan fingerprint density at radius 2 is 1.68 bits per heavy atom. The van der Waals surface area contributed by atoms with Crippen molar-refractivity contribution in [3.8, 4) is 11.3 Å². The highest BCUT2D eigenvalue weighted by atomic mass is 16.6. The molecule has 0 bridgehead atoms. The molecule has 0 aliphatic carbocycles. The van der Waals surface area contributed by atoms with Gasteiger partial charge in [-0.05, 0) is 19.1 Å². The van der Waals surface area contributed by atoms with Gasteiger partial charge in [-0.15, -0.1) is 0 Å². The lowest BCUT2D eigenvalue weighted by Gasteiger charge is -2.36. The Bertz CT molecular complexity index is 1390. The summed E-state index contributed by atoms with van der Waals surface area (Å²) in [5.74, 6) is -0.0807. The molecule has 3 heterocycles. The van der Waals surface area contributed by atoms with Gasteiger partial charge in [-0.3, -0.25) is 19.6 Å². The van der Waals surface area contributed by atoms with Crippen LogP contribution in [0.15, 0.2) is 60.7 Å². The third-order valence-corrected chi connectivity index (χ3v) is 6.25. The number of benzene rings is 2. The van der Waals surface area contributed by atoms with Crippen LogP contribution < -0.4 is 4.90 Å². The number of rotatable bonds is 4. The molecule has 2 aromatic heterocycles. The zero-order chi connectivity index (χ0) is 23.8. The maximum absolute atomic E-state index is 13.7. The van der Waals surface area contributed by atoms with Crippen molar-refractivity contribution in [3.63, 3.8) is 0 Å². The number of carbonyl (C=O) groups is 1. The van der Waals surface area contributed by atoms with Crippen LogP contribution in [0.1, 0.15) is 16.1 Å². The molecule has 9 heteroatoms. The summed E-state index contributed by atoms with van der Waals surface area (Å²) in [5, 5.41) is 16.7. The van der Waals surface area contributed by atoms with E-state index in [4.69, 9.17) is 4.98 Å². The van der Waals surface area contributed by atoms with Gasteiger partial charge >= 0.3 is 0 Å². The topological polar surface area (TPSA) is 97.4 Å². The monoisotopic (exact) mass is 456 g/mol. The number of para-hydroxylation sites is 2. The average molecular weight is 457 g/mol. The molecule has 1 aliphatic rings. The fourth-order valence-electron chi connectivity index (χ4n) is 4.58. The van der Waals surface area contributed by atoms with Crippen molar-refractivity contribution in [2.45, 2.75) is 6.92 Å². The second kappa shape index (κ2) is 8.58. The van der Waals surface area contributed by atoms with Crippen LogP contribution in [0, 0.1) is 17.0 Å². The minimum absolute atomic E-state index is 0.0802. The number of anilines is 1. The first-order valence-electron chi connectivity index (χ1n) is 11.1. The highest BCUT2D eigenvalue weighted by Gasteiger charge is 2.28. The van der Waals surface area contributed by atoms with E-state index in [9.17, 15) is 14.9 Å². The number of piperazine rings is 1. The van der Waals surface area contributed by atoms with Gasteiger partial charge in [-0.2, -0.15) is 5.10 Å². The summed E-state index contributed by atoms with van der Waals surface area (Å²) in [6.45, 7) is 3.85. The van der Waals surface area contributed by atoms with Gasteiger partial charge in [-0.1, -0.05) is 42.5 Å². The van der Waals surface area contributed by atoms with E-state index in [1.807, 2.05) is 55.3 Å². The molecular formula is C25H24N6O3. The fourth-order valence-corrected chi connectivity index (χ4v) is 4.58. The number of nitro groups is 1. The summed E-state index contributed by atoms with van der Waals surface area (Å²) in [4.78, 5) is 33.3. The van der Waals surface area contributed by atoms with Crippen LogP contribution >= 0.6 is 0 Å². The maximum Gasteiger partial charge on any atom is 0.292 e. The second-order valence-corrected chi connectivity index (χ2v) is 8.35. The van der Waals surface area contributed by atoms with Gasteiger partial charge in [0.1, 0.15) is 5.69 Å². The Labute approximate surface area is 196 Å². The molecule has 1 amide bonds. The van der Waals surface area contributed by atoms with Crippen LogP contribution in [0.5, 0.6) is 0 Å². The van der Waals surface area contributed by atoms with Gasteiger partial charge in [0.25, 0.3) is 11.6 Å². The lowest BCUT2D eigenvalue weighted by molar-refractivity contribution is -0.384. The largest absolute Gasteiger partial charge is 0.362 e. The molecule has 34 heavy (non-hydrogen) atoms. The number of nitro benzene ring substituents is 1. The molecule has 2 aromatic carbocycles. The van der Waals surface area contributed by atoms with Gasteiger partial charge in [-0.25, -0.2) is 4.98 Å². The first-order valence-corrected chi connectivity index (χ1v) is 11.1. The summed E-state index contributed by atoms with van der Waals surface area (Å²) in [7, 11) is 1.83. The molecule has 1 saturated heterocycles. The standard InChI is InChI=1S/C25H24N6O3/c1-17-23-19(16-20(18-8-4-3-5-9-18)26-24(23)28(2)27-17)25(32)30-14-12-29(13-15-30)21-10-6-7-11-22(21)31(33)34/h3-11,16H,12-15H2,1-2H3. The highest BCUT2D eigenvalue weighted by Crippen LogP contribution is 2.30. The molecule has 0 atom stereocenters. The lowest BCUT2D eigenvalue weighted by atomic mass is 10.0. The van der Waals surface area contributed by atoms with Crippen molar-refractivity contribution in [1.29, 1.82) is 0 Å². The molecular weight excluding hydrogens is 432 g/mol. The number of carbonyl (C=O) groups excluding carboxylic acids is 1. The van der Waals surface area contributed by atoms with Crippen molar-refractivity contribution in [2.24, 2.45) is 7.05 Å². The van der Waals surface area contributed by atoms with E-state index in [-0.39, 0.29) is 16.5 Å². The Hall–Kier alpha value is -4.27. The molecule has 1 fully saturated rings. The Morgan fingerprint density at radius 1 is 1.00 bits per heavy atom. The number of aryl methyl sites for hydroxylation is 2. The number of aromatic nitrogens is 3. The number of pyridine rings is 1. The van der Waals surface area contributed by atoms with E-state index in [0.29, 0.717) is 43.1 Å². The van der Waals surface area contributed by atoms with Crippen molar-refractivity contribution in [1.82, 2.24) is 19.7 Å². The average Bonchev–Trinajstić information content (AvgIpc) is 3.16. The number of nitrogens with zero attached hydrogens (tertiary/aromatic N) is 6. The summed E-state index contributed by atoms with van der Waals surface area (Å²) in [6.07, 6.45) is 0. The first kappa shape index (κ1) is 21.6. The van der Waals surface area contributed by atoms with E-state index in [1.165, 1.54) is 6.07 Å². The van der Waals surface area contributed by atoms with Crippen LogP contribution in [0.25, 0.3) is 22.3 Å².